The van der Waals surface area contributed by atoms with Crippen LogP contribution in [0.15, 0.2) is 66.7 Å². The average molecular weight is 319 g/mol. The Hall–Kier alpha value is -2.32. The maximum Gasteiger partial charge on any atom is 0.124 e. The van der Waals surface area contributed by atoms with E-state index in [4.69, 9.17) is 4.74 Å². The van der Waals surface area contributed by atoms with E-state index in [0.29, 0.717) is 6.04 Å². The molecule has 0 radical (unpaired) electrons. The summed E-state index contributed by atoms with van der Waals surface area (Å²) in [4.78, 5) is 0. The lowest BCUT2D eigenvalue weighted by atomic mass is 10.0. The van der Waals surface area contributed by atoms with Crippen molar-refractivity contribution in [1.29, 1.82) is 0 Å². The zero-order valence-electron chi connectivity index (χ0n) is 14.5. The topological polar surface area (TPSA) is 21.3 Å². The first kappa shape index (κ1) is 16.5. The van der Waals surface area contributed by atoms with Crippen LogP contribution in [0.5, 0.6) is 5.75 Å². The Labute approximate surface area is 144 Å². The molecule has 3 aromatic carbocycles. The minimum absolute atomic E-state index is 0.296. The monoisotopic (exact) mass is 319 g/mol. The quantitative estimate of drug-likeness (QED) is 0.622. The van der Waals surface area contributed by atoms with Crippen molar-refractivity contribution >= 4 is 10.8 Å². The van der Waals surface area contributed by atoms with Gasteiger partial charge in [-0.15, -0.1) is 0 Å². The predicted molar refractivity (Wildman–Crippen MR) is 101 cm³/mol. The Balaban J connectivity index is 1.86. The van der Waals surface area contributed by atoms with E-state index in [-0.39, 0.29) is 0 Å². The smallest absolute Gasteiger partial charge is 0.124 e. The number of hydrogen-bond donors (Lipinski definition) is 1. The van der Waals surface area contributed by atoms with Crippen molar-refractivity contribution in [3.63, 3.8) is 0 Å². The van der Waals surface area contributed by atoms with Crippen LogP contribution in [-0.2, 0) is 6.54 Å². The molecule has 3 aromatic rings. The number of benzene rings is 3. The first-order valence-electron chi connectivity index (χ1n) is 8.71. The zero-order valence-corrected chi connectivity index (χ0v) is 14.5. The predicted octanol–water partition coefficient (Wildman–Crippen LogP) is 5.48. The van der Waals surface area contributed by atoms with Gasteiger partial charge >= 0.3 is 0 Å². The molecule has 24 heavy (non-hydrogen) atoms. The number of rotatable bonds is 7. The highest BCUT2D eigenvalue weighted by atomic mass is 16.5. The highest BCUT2D eigenvalue weighted by Gasteiger charge is 2.11. The number of nitrogens with one attached hydrogen (secondary N) is 1. The lowest BCUT2D eigenvalue weighted by Gasteiger charge is -2.18. The molecule has 2 nitrogen and oxygen atoms in total. The van der Waals surface area contributed by atoms with Crippen molar-refractivity contribution in [2.75, 3.05) is 6.61 Å². The fraction of sp³-hybridized carbons (Fsp3) is 0.273. The Morgan fingerprint density at radius 2 is 1.67 bits per heavy atom. The molecule has 0 aliphatic rings. The van der Waals surface area contributed by atoms with Gasteiger partial charge in [-0.05, 0) is 35.7 Å². The molecule has 2 heteroatoms. The van der Waals surface area contributed by atoms with Gasteiger partial charge in [-0.3, -0.25) is 0 Å². The van der Waals surface area contributed by atoms with Crippen molar-refractivity contribution in [3.05, 3.63) is 77.9 Å². The van der Waals surface area contributed by atoms with Crippen LogP contribution in [0.1, 0.15) is 37.4 Å². The Morgan fingerprint density at radius 3 is 2.46 bits per heavy atom. The molecule has 1 atom stereocenters. The molecule has 0 amide bonds. The molecule has 0 spiro atoms. The maximum absolute atomic E-state index is 5.99. The number of hydrogen-bond acceptors (Lipinski definition) is 2. The van der Waals surface area contributed by atoms with Gasteiger partial charge in [0, 0.05) is 18.2 Å². The normalized spacial score (nSPS) is 12.2. The molecule has 0 aliphatic heterocycles. The van der Waals surface area contributed by atoms with Crippen LogP contribution in [0, 0.1) is 0 Å². The third-order valence-electron chi connectivity index (χ3n) is 4.34. The number of ether oxygens (including phenoxy) is 1. The highest BCUT2D eigenvalue weighted by molar-refractivity contribution is 5.87. The van der Waals surface area contributed by atoms with E-state index in [9.17, 15) is 0 Å². The van der Waals surface area contributed by atoms with E-state index in [1.165, 1.54) is 21.9 Å². The van der Waals surface area contributed by atoms with E-state index in [0.717, 1.165) is 25.3 Å². The largest absolute Gasteiger partial charge is 0.493 e. The summed E-state index contributed by atoms with van der Waals surface area (Å²) in [7, 11) is 0. The second-order valence-corrected chi connectivity index (χ2v) is 6.13. The summed E-state index contributed by atoms with van der Waals surface area (Å²) in [5.74, 6) is 0.989. The van der Waals surface area contributed by atoms with Crippen LogP contribution in [0.25, 0.3) is 10.8 Å². The van der Waals surface area contributed by atoms with E-state index >= 15 is 0 Å². The fourth-order valence-corrected chi connectivity index (χ4v) is 2.96. The van der Waals surface area contributed by atoms with Crippen LogP contribution in [-0.4, -0.2) is 6.61 Å². The summed E-state index contributed by atoms with van der Waals surface area (Å²) < 4.78 is 5.99. The van der Waals surface area contributed by atoms with Gasteiger partial charge in [0.05, 0.1) is 6.61 Å². The molecule has 3 rings (SSSR count). The van der Waals surface area contributed by atoms with Crippen LogP contribution < -0.4 is 10.1 Å². The first-order valence-corrected chi connectivity index (χ1v) is 8.71. The molecular weight excluding hydrogens is 294 g/mol. The van der Waals surface area contributed by atoms with Crippen LogP contribution in [0.3, 0.4) is 0 Å². The van der Waals surface area contributed by atoms with Crippen molar-refractivity contribution in [2.45, 2.75) is 32.9 Å². The molecular formula is C22H25NO. The van der Waals surface area contributed by atoms with E-state index in [1.54, 1.807) is 0 Å². The van der Waals surface area contributed by atoms with Gasteiger partial charge in [0.1, 0.15) is 5.75 Å². The van der Waals surface area contributed by atoms with Gasteiger partial charge in [0.2, 0.25) is 0 Å². The van der Waals surface area contributed by atoms with Crippen LogP contribution in [0.2, 0.25) is 0 Å². The molecule has 1 N–H and O–H groups in total. The molecule has 0 aromatic heterocycles. The third kappa shape index (κ3) is 3.77. The Bertz CT molecular complexity index is 782. The van der Waals surface area contributed by atoms with Crippen molar-refractivity contribution in [2.24, 2.45) is 0 Å². The lowest BCUT2D eigenvalue weighted by Crippen LogP contribution is -2.19. The van der Waals surface area contributed by atoms with Gasteiger partial charge < -0.3 is 10.1 Å². The number of fused-ring (bicyclic) bond motifs is 1. The molecule has 0 saturated heterocycles. The fourth-order valence-electron chi connectivity index (χ4n) is 2.96. The van der Waals surface area contributed by atoms with Crippen LogP contribution >= 0.6 is 0 Å². The van der Waals surface area contributed by atoms with E-state index in [2.05, 4.69) is 85.9 Å². The standard InChI is InChI=1S/C22H25NO/c1-3-15-24-22-14-13-19-11-7-8-12-20(19)21(22)16-23-17(2)18-9-5-4-6-10-18/h4-14,17,23H,3,15-16H2,1-2H3. The van der Waals surface area contributed by atoms with Crippen molar-refractivity contribution < 1.29 is 4.74 Å². The lowest BCUT2D eigenvalue weighted by molar-refractivity contribution is 0.313. The second kappa shape index (κ2) is 7.98. The summed E-state index contributed by atoms with van der Waals surface area (Å²) in [6.45, 7) is 5.87. The minimum atomic E-state index is 0.296. The molecule has 0 heterocycles. The van der Waals surface area contributed by atoms with E-state index < -0.39 is 0 Å². The molecule has 124 valence electrons. The molecule has 0 saturated carbocycles. The SMILES string of the molecule is CCCOc1ccc2ccccc2c1CNC(C)c1ccccc1. The Kier molecular flexibility index (Phi) is 5.50. The summed E-state index contributed by atoms with van der Waals surface area (Å²) in [6.07, 6.45) is 1.01. The second-order valence-electron chi connectivity index (χ2n) is 6.13. The van der Waals surface area contributed by atoms with E-state index in [1.807, 2.05) is 0 Å². The molecule has 0 fully saturated rings. The van der Waals surface area contributed by atoms with Gasteiger partial charge in [0.15, 0.2) is 0 Å². The van der Waals surface area contributed by atoms with Crippen LogP contribution in [0.4, 0.5) is 0 Å². The average Bonchev–Trinajstić information content (AvgIpc) is 2.65. The minimum Gasteiger partial charge on any atom is -0.493 e. The Morgan fingerprint density at radius 1 is 0.917 bits per heavy atom. The van der Waals surface area contributed by atoms with Crippen molar-refractivity contribution in [1.82, 2.24) is 5.32 Å². The molecule has 0 bridgehead atoms. The van der Waals surface area contributed by atoms with Crippen molar-refractivity contribution in [3.8, 4) is 5.75 Å². The maximum atomic E-state index is 5.99. The summed E-state index contributed by atoms with van der Waals surface area (Å²) >= 11 is 0. The molecule has 0 aliphatic carbocycles. The molecule has 1 unspecified atom stereocenters. The zero-order chi connectivity index (χ0) is 16.8. The van der Waals surface area contributed by atoms with Gasteiger partial charge in [-0.25, -0.2) is 0 Å². The third-order valence-corrected chi connectivity index (χ3v) is 4.34. The highest BCUT2D eigenvalue weighted by Crippen LogP contribution is 2.29. The van der Waals surface area contributed by atoms with Gasteiger partial charge in [-0.1, -0.05) is 67.6 Å². The van der Waals surface area contributed by atoms with Gasteiger partial charge in [0.25, 0.3) is 0 Å². The van der Waals surface area contributed by atoms with Gasteiger partial charge in [-0.2, -0.15) is 0 Å². The summed E-state index contributed by atoms with van der Waals surface area (Å²) in [5, 5.41) is 6.16. The summed E-state index contributed by atoms with van der Waals surface area (Å²) in [5.41, 5.74) is 2.54. The summed E-state index contributed by atoms with van der Waals surface area (Å²) in [6, 6.07) is 23.6. The first-order chi connectivity index (χ1) is 11.8.